The molecule has 2 saturated heterocycles. The molecule has 0 radical (unpaired) electrons. The van der Waals surface area contributed by atoms with Gasteiger partial charge in [-0.15, -0.1) is 0 Å². The molecule has 0 aliphatic carbocycles. The molecule has 0 saturated carbocycles. The Kier molecular flexibility index (Phi) is 5.88. The summed E-state index contributed by atoms with van der Waals surface area (Å²) in [6.07, 6.45) is 3.99. The molecule has 5 nitrogen and oxygen atoms in total. The van der Waals surface area contributed by atoms with Crippen LogP contribution in [-0.4, -0.2) is 48.3 Å². The summed E-state index contributed by atoms with van der Waals surface area (Å²) in [5.74, 6) is 0.817. The van der Waals surface area contributed by atoms with Gasteiger partial charge in [0.2, 0.25) is 5.91 Å². The molecule has 2 aliphatic rings. The summed E-state index contributed by atoms with van der Waals surface area (Å²) in [5.41, 5.74) is 2.09. The minimum atomic E-state index is -0.146. The summed E-state index contributed by atoms with van der Waals surface area (Å²) in [4.78, 5) is 15.0. The average molecular weight is 395 g/mol. The van der Waals surface area contributed by atoms with Crippen molar-refractivity contribution in [3.8, 4) is 5.75 Å². The lowest BCUT2D eigenvalue weighted by atomic mass is 9.70. The van der Waals surface area contributed by atoms with E-state index in [4.69, 9.17) is 4.74 Å². The molecule has 2 N–H and O–H groups in total. The minimum absolute atomic E-state index is 0.0289. The average Bonchev–Trinajstić information content (AvgIpc) is 3.27. The van der Waals surface area contributed by atoms with Gasteiger partial charge in [0, 0.05) is 29.6 Å². The molecule has 0 spiro atoms. The van der Waals surface area contributed by atoms with Crippen LogP contribution < -0.4 is 10.1 Å². The number of ether oxygens (including phenoxy) is 1. The normalized spacial score (nSPS) is 25.9. The third-order valence-electron chi connectivity index (χ3n) is 6.70. The first-order chi connectivity index (χ1) is 14.1. The Morgan fingerprint density at radius 1 is 1.17 bits per heavy atom. The molecule has 4 rings (SSSR count). The second kappa shape index (κ2) is 8.56. The largest absolute Gasteiger partial charge is 0.496 e. The van der Waals surface area contributed by atoms with Crippen LogP contribution in [0.2, 0.25) is 0 Å². The molecule has 2 aromatic rings. The van der Waals surface area contributed by atoms with E-state index in [-0.39, 0.29) is 24.0 Å². The fourth-order valence-corrected chi connectivity index (χ4v) is 5.34. The molecule has 2 bridgehead atoms. The highest BCUT2D eigenvalue weighted by molar-refractivity contribution is 5.78. The number of fused-ring (bicyclic) bond motifs is 2. The van der Waals surface area contributed by atoms with E-state index in [2.05, 4.69) is 34.5 Å². The smallest absolute Gasteiger partial charge is 0.234 e. The summed E-state index contributed by atoms with van der Waals surface area (Å²) in [6, 6.07) is 18.8. The number of nitrogens with zero attached hydrogens (tertiary/aromatic N) is 1. The molecule has 154 valence electrons. The summed E-state index contributed by atoms with van der Waals surface area (Å²) >= 11 is 0. The Hall–Kier alpha value is -2.37. The maximum Gasteiger partial charge on any atom is 0.234 e. The van der Waals surface area contributed by atoms with Gasteiger partial charge in [0.25, 0.3) is 0 Å². The number of hydrogen-bond acceptors (Lipinski definition) is 4. The lowest BCUT2D eigenvalue weighted by Gasteiger charge is -2.36. The van der Waals surface area contributed by atoms with Crippen LogP contribution in [0.25, 0.3) is 0 Å². The number of hydrogen-bond donors (Lipinski definition) is 2. The minimum Gasteiger partial charge on any atom is -0.496 e. The number of para-hydroxylation sites is 1. The van der Waals surface area contributed by atoms with Crippen LogP contribution in [0.1, 0.15) is 30.4 Å². The Bertz CT molecular complexity index is 841. The predicted molar refractivity (Wildman–Crippen MR) is 113 cm³/mol. The monoisotopic (exact) mass is 394 g/mol. The van der Waals surface area contributed by atoms with Gasteiger partial charge in [0.1, 0.15) is 5.75 Å². The maximum absolute atomic E-state index is 12.7. The highest BCUT2D eigenvalue weighted by Crippen LogP contribution is 2.51. The fourth-order valence-electron chi connectivity index (χ4n) is 5.34. The van der Waals surface area contributed by atoms with E-state index < -0.39 is 0 Å². The first-order valence-electron chi connectivity index (χ1n) is 10.4. The van der Waals surface area contributed by atoms with Gasteiger partial charge in [0.15, 0.2) is 0 Å². The standard InChI is InChI=1S/C24H30N2O3/c1-29-21-10-6-5-9-19(21)15-25-23(28)16-26-20-11-12-22(26)24(14-20,17-27)13-18-7-3-2-4-8-18/h2-10,20,22,27H,11-17H2,1H3,(H,25,28)/t20-,22+,24-/m1/s1. The zero-order valence-electron chi connectivity index (χ0n) is 17.0. The van der Waals surface area contributed by atoms with Crippen LogP contribution in [-0.2, 0) is 17.8 Å². The molecule has 1 amide bonds. The lowest BCUT2D eigenvalue weighted by Crippen LogP contribution is -2.45. The van der Waals surface area contributed by atoms with Crippen LogP contribution in [0.4, 0.5) is 0 Å². The van der Waals surface area contributed by atoms with Crippen molar-refractivity contribution in [2.24, 2.45) is 5.41 Å². The van der Waals surface area contributed by atoms with Crippen molar-refractivity contribution >= 4 is 5.91 Å². The number of methoxy groups -OCH3 is 1. The highest BCUT2D eigenvalue weighted by atomic mass is 16.5. The Morgan fingerprint density at radius 2 is 1.93 bits per heavy atom. The third-order valence-corrected chi connectivity index (χ3v) is 6.70. The van der Waals surface area contributed by atoms with E-state index in [1.165, 1.54) is 5.56 Å². The van der Waals surface area contributed by atoms with Gasteiger partial charge < -0.3 is 15.2 Å². The van der Waals surface area contributed by atoms with Crippen LogP contribution >= 0.6 is 0 Å². The lowest BCUT2D eigenvalue weighted by molar-refractivity contribution is -0.123. The number of carbonyl (C=O) groups excluding carboxylic acids is 1. The topological polar surface area (TPSA) is 61.8 Å². The van der Waals surface area contributed by atoms with Crippen molar-refractivity contribution in [3.05, 3.63) is 65.7 Å². The van der Waals surface area contributed by atoms with Crippen molar-refractivity contribution < 1.29 is 14.6 Å². The van der Waals surface area contributed by atoms with Crippen molar-refractivity contribution in [2.75, 3.05) is 20.3 Å². The summed E-state index contributed by atoms with van der Waals surface area (Å²) in [7, 11) is 1.64. The third kappa shape index (κ3) is 4.02. The van der Waals surface area contributed by atoms with E-state index >= 15 is 0 Å². The second-order valence-corrected chi connectivity index (χ2v) is 8.39. The molecule has 0 unspecified atom stereocenters. The van der Waals surface area contributed by atoms with E-state index in [9.17, 15) is 9.90 Å². The molecular formula is C24H30N2O3. The van der Waals surface area contributed by atoms with Crippen molar-refractivity contribution in [2.45, 2.75) is 44.3 Å². The van der Waals surface area contributed by atoms with Crippen molar-refractivity contribution in [1.29, 1.82) is 0 Å². The number of rotatable bonds is 8. The Balaban J connectivity index is 1.40. The molecule has 2 aliphatic heterocycles. The summed E-state index contributed by atoms with van der Waals surface area (Å²) in [5, 5.41) is 13.4. The van der Waals surface area contributed by atoms with Crippen LogP contribution in [0.3, 0.4) is 0 Å². The number of aliphatic hydroxyl groups excluding tert-OH is 1. The number of benzene rings is 2. The molecule has 2 heterocycles. The molecule has 2 aromatic carbocycles. The molecular weight excluding hydrogens is 364 g/mol. The van der Waals surface area contributed by atoms with Gasteiger partial charge in [-0.3, -0.25) is 9.69 Å². The zero-order chi connectivity index (χ0) is 20.3. The van der Waals surface area contributed by atoms with Crippen molar-refractivity contribution in [3.63, 3.8) is 0 Å². The van der Waals surface area contributed by atoms with Gasteiger partial charge >= 0.3 is 0 Å². The van der Waals surface area contributed by atoms with Crippen LogP contribution in [0.5, 0.6) is 5.75 Å². The first-order valence-corrected chi connectivity index (χ1v) is 10.4. The van der Waals surface area contributed by atoms with Crippen LogP contribution in [0.15, 0.2) is 54.6 Å². The fraction of sp³-hybridized carbons (Fsp3) is 0.458. The van der Waals surface area contributed by atoms with Gasteiger partial charge in [0.05, 0.1) is 20.3 Å². The SMILES string of the molecule is COc1ccccc1CNC(=O)CN1[C@@H]2CC[C@H]1[C@](CO)(Cc1ccccc1)C2. The Labute approximate surface area is 172 Å². The molecule has 3 atom stereocenters. The number of amides is 1. The number of nitrogens with one attached hydrogen (secondary N) is 1. The number of aliphatic hydroxyl groups is 1. The van der Waals surface area contributed by atoms with Gasteiger partial charge in [-0.1, -0.05) is 48.5 Å². The van der Waals surface area contributed by atoms with E-state index in [1.54, 1.807) is 7.11 Å². The van der Waals surface area contributed by atoms with E-state index in [1.807, 2.05) is 30.3 Å². The predicted octanol–water partition coefficient (Wildman–Crippen LogP) is 2.77. The summed E-state index contributed by atoms with van der Waals surface area (Å²) in [6.45, 7) is 1.02. The summed E-state index contributed by atoms with van der Waals surface area (Å²) < 4.78 is 5.36. The zero-order valence-corrected chi connectivity index (χ0v) is 17.0. The Morgan fingerprint density at radius 3 is 2.69 bits per heavy atom. The van der Waals surface area contributed by atoms with Gasteiger partial charge in [-0.2, -0.15) is 0 Å². The van der Waals surface area contributed by atoms with E-state index in [0.717, 1.165) is 37.0 Å². The van der Waals surface area contributed by atoms with Gasteiger partial charge in [-0.05, 0) is 37.3 Å². The molecule has 5 heteroatoms. The number of carbonyl (C=O) groups is 1. The molecule has 2 fully saturated rings. The van der Waals surface area contributed by atoms with Gasteiger partial charge in [-0.25, -0.2) is 0 Å². The highest BCUT2D eigenvalue weighted by Gasteiger charge is 2.55. The molecule has 0 aromatic heterocycles. The second-order valence-electron chi connectivity index (χ2n) is 8.39. The van der Waals surface area contributed by atoms with Crippen molar-refractivity contribution in [1.82, 2.24) is 10.2 Å². The van der Waals surface area contributed by atoms with E-state index in [0.29, 0.717) is 19.1 Å². The maximum atomic E-state index is 12.7. The van der Waals surface area contributed by atoms with Crippen LogP contribution in [0, 0.1) is 5.41 Å². The first kappa shape index (κ1) is 19.9. The molecule has 29 heavy (non-hydrogen) atoms. The quantitative estimate of drug-likeness (QED) is 0.723.